The number of nitrogens with zero attached hydrogens (tertiary/aromatic N) is 2. The molecule has 1 spiro atoms. The Labute approximate surface area is 129 Å². The molecule has 2 fully saturated rings. The normalized spacial score (nSPS) is 25.6. The fourth-order valence-electron chi connectivity index (χ4n) is 3.86. The number of rotatable bonds is 3. The van der Waals surface area contributed by atoms with Gasteiger partial charge in [-0.2, -0.15) is 0 Å². The Kier molecular flexibility index (Phi) is 3.73. The smallest absolute Gasteiger partial charge is 0.193 e. The van der Waals surface area contributed by atoms with Gasteiger partial charge < -0.3 is 10.1 Å². The number of fused-ring (bicyclic) bond motifs is 1. The molecular weight excluding hydrogens is 282 g/mol. The van der Waals surface area contributed by atoms with Crippen molar-refractivity contribution in [2.75, 3.05) is 6.61 Å². The zero-order valence-corrected chi connectivity index (χ0v) is 13.2. The first-order chi connectivity index (χ1) is 10.3. The third-order valence-electron chi connectivity index (χ3n) is 4.97. The second kappa shape index (κ2) is 5.71. The van der Waals surface area contributed by atoms with E-state index in [4.69, 9.17) is 4.74 Å². The third-order valence-corrected chi connectivity index (χ3v) is 5.74. The summed E-state index contributed by atoms with van der Waals surface area (Å²) < 4.78 is 8.27. The third kappa shape index (κ3) is 2.87. The Morgan fingerprint density at radius 3 is 3.14 bits per heavy atom. The van der Waals surface area contributed by atoms with E-state index in [2.05, 4.69) is 32.5 Å². The minimum atomic E-state index is 0.183. The molecule has 1 aliphatic carbocycles. The van der Waals surface area contributed by atoms with E-state index in [9.17, 15) is 0 Å². The van der Waals surface area contributed by atoms with Crippen LogP contribution in [-0.2, 0) is 11.3 Å². The van der Waals surface area contributed by atoms with Gasteiger partial charge in [-0.15, -0.1) is 11.3 Å². The van der Waals surface area contributed by atoms with E-state index in [0.717, 1.165) is 30.2 Å². The Morgan fingerprint density at radius 2 is 2.29 bits per heavy atom. The molecule has 1 aliphatic heterocycles. The molecule has 1 saturated heterocycles. The lowest BCUT2D eigenvalue weighted by Gasteiger charge is -2.43. The van der Waals surface area contributed by atoms with Gasteiger partial charge in [-0.1, -0.05) is 19.3 Å². The first kappa shape index (κ1) is 13.7. The predicted octanol–water partition coefficient (Wildman–Crippen LogP) is 3.37. The molecule has 0 radical (unpaired) electrons. The largest absolute Gasteiger partial charge is 0.375 e. The van der Waals surface area contributed by atoms with Crippen LogP contribution in [-0.4, -0.2) is 27.6 Å². The predicted molar refractivity (Wildman–Crippen MR) is 84.7 cm³/mol. The minimum Gasteiger partial charge on any atom is -0.375 e. The van der Waals surface area contributed by atoms with Crippen LogP contribution in [0.4, 0.5) is 0 Å². The van der Waals surface area contributed by atoms with E-state index >= 15 is 0 Å². The van der Waals surface area contributed by atoms with E-state index < -0.39 is 0 Å². The molecule has 2 aliphatic rings. The molecule has 4 nitrogen and oxygen atoms in total. The van der Waals surface area contributed by atoms with Crippen molar-refractivity contribution in [2.24, 2.45) is 0 Å². The Morgan fingerprint density at radius 1 is 1.38 bits per heavy atom. The van der Waals surface area contributed by atoms with Crippen LogP contribution in [0.1, 0.15) is 50.6 Å². The standard InChI is InChI=1S/C16H23N3OS/c1-2-5-16(6-3-1)10-13(4-8-20-16)17-11-14-12-19-7-9-21-15(19)18-14/h7,9,12-13,17H,1-6,8,10-11H2. The van der Waals surface area contributed by atoms with Crippen LogP contribution in [0.3, 0.4) is 0 Å². The van der Waals surface area contributed by atoms with E-state index in [-0.39, 0.29) is 5.60 Å². The number of aromatic nitrogens is 2. The highest BCUT2D eigenvalue weighted by Crippen LogP contribution is 2.38. The summed E-state index contributed by atoms with van der Waals surface area (Å²) >= 11 is 1.69. The zero-order chi connectivity index (χ0) is 14.1. The summed E-state index contributed by atoms with van der Waals surface area (Å²) in [5.41, 5.74) is 1.33. The number of hydrogen-bond donors (Lipinski definition) is 1. The van der Waals surface area contributed by atoms with Gasteiger partial charge in [0.2, 0.25) is 0 Å². The van der Waals surface area contributed by atoms with Crippen LogP contribution >= 0.6 is 11.3 Å². The number of nitrogens with one attached hydrogen (secondary N) is 1. The van der Waals surface area contributed by atoms with Crippen molar-refractivity contribution >= 4 is 16.3 Å². The molecule has 1 atom stereocenters. The average molecular weight is 305 g/mol. The van der Waals surface area contributed by atoms with Crippen LogP contribution < -0.4 is 5.32 Å². The molecule has 5 heteroatoms. The molecule has 2 aromatic heterocycles. The quantitative estimate of drug-likeness (QED) is 0.945. The summed E-state index contributed by atoms with van der Waals surface area (Å²) in [5, 5.41) is 5.78. The molecule has 21 heavy (non-hydrogen) atoms. The number of ether oxygens (including phenoxy) is 1. The second-order valence-electron chi connectivity index (χ2n) is 6.49. The van der Waals surface area contributed by atoms with E-state index in [0.29, 0.717) is 6.04 Å². The average Bonchev–Trinajstić information content (AvgIpc) is 3.07. The number of hydrogen-bond acceptors (Lipinski definition) is 4. The number of thiazole rings is 1. The number of imidazole rings is 1. The topological polar surface area (TPSA) is 38.6 Å². The van der Waals surface area contributed by atoms with E-state index in [1.54, 1.807) is 11.3 Å². The zero-order valence-electron chi connectivity index (χ0n) is 12.4. The van der Waals surface area contributed by atoms with Gasteiger partial charge in [0.05, 0.1) is 11.3 Å². The second-order valence-corrected chi connectivity index (χ2v) is 7.36. The molecular formula is C16H23N3OS. The summed E-state index contributed by atoms with van der Waals surface area (Å²) in [7, 11) is 0. The highest BCUT2D eigenvalue weighted by atomic mass is 32.1. The molecule has 1 N–H and O–H groups in total. The van der Waals surface area contributed by atoms with Gasteiger partial charge in [0.1, 0.15) is 0 Å². The molecule has 4 rings (SSSR count). The van der Waals surface area contributed by atoms with Crippen LogP contribution in [0.25, 0.3) is 4.96 Å². The lowest BCUT2D eigenvalue weighted by atomic mass is 9.78. The Hall–Kier alpha value is -0.910. The maximum atomic E-state index is 6.17. The van der Waals surface area contributed by atoms with Crippen molar-refractivity contribution in [1.82, 2.24) is 14.7 Å². The first-order valence-electron chi connectivity index (χ1n) is 8.11. The molecule has 2 aromatic rings. The molecule has 1 unspecified atom stereocenters. The summed E-state index contributed by atoms with van der Waals surface area (Å²) in [5.74, 6) is 0. The monoisotopic (exact) mass is 305 g/mol. The van der Waals surface area contributed by atoms with Gasteiger partial charge in [0.15, 0.2) is 4.96 Å². The highest BCUT2D eigenvalue weighted by molar-refractivity contribution is 7.15. The van der Waals surface area contributed by atoms with Gasteiger partial charge >= 0.3 is 0 Å². The van der Waals surface area contributed by atoms with Gasteiger partial charge in [-0.25, -0.2) is 4.98 Å². The van der Waals surface area contributed by atoms with Crippen molar-refractivity contribution < 1.29 is 4.74 Å². The van der Waals surface area contributed by atoms with Gasteiger partial charge in [-0.05, 0) is 25.7 Å². The lowest BCUT2D eigenvalue weighted by molar-refractivity contribution is -0.109. The summed E-state index contributed by atoms with van der Waals surface area (Å²) in [6.45, 7) is 1.78. The van der Waals surface area contributed by atoms with Gasteiger partial charge in [-0.3, -0.25) is 4.40 Å². The minimum absolute atomic E-state index is 0.183. The molecule has 0 aromatic carbocycles. The summed E-state index contributed by atoms with van der Waals surface area (Å²) in [6, 6.07) is 0.580. The Balaban J connectivity index is 1.36. The van der Waals surface area contributed by atoms with Crippen molar-refractivity contribution in [3.63, 3.8) is 0 Å². The molecule has 114 valence electrons. The van der Waals surface area contributed by atoms with Crippen molar-refractivity contribution in [2.45, 2.75) is 63.1 Å². The SMILES string of the molecule is c1cn2cc(CNC3CCOC4(CCCCC4)C3)nc2s1. The van der Waals surface area contributed by atoms with E-state index in [1.807, 2.05) is 0 Å². The van der Waals surface area contributed by atoms with E-state index in [1.165, 1.54) is 38.5 Å². The lowest BCUT2D eigenvalue weighted by Crippen LogP contribution is -2.47. The molecule has 0 bridgehead atoms. The fourth-order valence-corrected chi connectivity index (χ4v) is 4.58. The fraction of sp³-hybridized carbons (Fsp3) is 0.688. The van der Waals surface area contributed by atoms with Gasteiger partial charge in [0, 0.05) is 37.0 Å². The molecule has 0 amide bonds. The maximum absolute atomic E-state index is 6.17. The van der Waals surface area contributed by atoms with Crippen molar-refractivity contribution in [1.29, 1.82) is 0 Å². The van der Waals surface area contributed by atoms with Gasteiger partial charge in [0.25, 0.3) is 0 Å². The first-order valence-corrected chi connectivity index (χ1v) is 8.99. The van der Waals surface area contributed by atoms with Crippen LogP contribution in [0.15, 0.2) is 17.8 Å². The Bertz CT molecular complexity index is 565. The van der Waals surface area contributed by atoms with Crippen LogP contribution in [0.2, 0.25) is 0 Å². The maximum Gasteiger partial charge on any atom is 0.193 e. The van der Waals surface area contributed by atoms with Crippen LogP contribution in [0.5, 0.6) is 0 Å². The molecule has 1 saturated carbocycles. The molecule has 3 heterocycles. The summed E-state index contributed by atoms with van der Waals surface area (Å²) in [6.07, 6.45) is 13.1. The van der Waals surface area contributed by atoms with Crippen molar-refractivity contribution in [3.8, 4) is 0 Å². The van der Waals surface area contributed by atoms with Crippen molar-refractivity contribution in [3.05, 3.63) is 23.5 Å². The highest BCUT2D eigenvalue weighted by Gasteiger charge is 2.38. The summed E-state index contributed by atoms with van der Waals surface area (Å²) in [4.78, 5) is 5.73. The van der Waals surface area contributed by atoms with Crippen LogP contribution in [0, 0.1) is 0 Å².